The summed E-state index contributed by atoms with van der Waals surface area (Å²) in [6, 6.07) is 12.2. The van der Waals surface area contributed by atoms with Crippen molar-refractivity contribution in [2.75, 3.05) is 0 Å². The minimum atomic E-state index is 0.595. The van der Waals surface area contributed by atoms with Crippen LogP contribution in [0.3, 0.4) is 0 Å². The van der Waals surface area contributed by atoms with Crippen LogP contribution in [-0.4, -0.2) is 12.1 Å². The first-order chi connectivity index (χ1) is 8.28. The van der Waals surface area contributed by atoms with E-state index in [1.807, 2.05) is 0 Å². The lowest BCUT2D eigenvalue weighted by molar-refractivity contribution is 0.428. The minimum absolute atomic E-state index is 0.595. The average Bonchev–Trinajstić information content (AvgIpc) is 2.78. The third-order valence-corrected chi connectivity index (χ3v) is 4.02. The van der Waals surface area contributed by atoms with Crippen LogP contribution in [-0.2, 0) is 6.42 Å². The third kappa shape index (κ3) is 3.85. The minimum Gasteiger partial charge on any atom is -0.311 e. The Labute approximate surface area is 106 Å². The molecule has 0 amide bonds. The van der Waals surface area contributed by atoms with Gasteiger partial charge in [-0.05, 0) is 44.1 Å². The van der Waals surface area contributed by atoms with Gasteiger partial charge in [0.2, 0.25) is 0 Å². The molecular weight excluding hydrogens is 206 g/mol. The Morgan fingerprint density at radius 2 is 2.00 bits per heavy atom. The molecule has 3 unspecified atom stereocenters. The van der Waals surface area contributed by atoms with E-state index in [1.165, 1.54) is 31.2 Å². The van der Waals surface area contributed by atoms with Crippen LogP contribution in [0.2, 0.25) is 0 Å². The zero-order chi connectivity index (χ0) is 12.1. The van der Waals surface area contributed by atoms with Gasteiger partial charge < -0.3 is 5.32 Å². The van der Waals surface area contributed by atoms with Gasteiger partial charge in [0.1, 0.15) is 0 Å². The van der Waals surface area contributed by atoms with E-state index < -0.39 is 0 Å². The molecule has 1 aromatic carbocycles. The van der Waals surface area contributed by atoms with E-state index in [1.54, 1.807) is 0 Å². The maximum atomic E-state index is 3.79. The second kappa shape index (κ2) is 6.20. The molecule has 0 radical (unpaired) electrons. The molecule has 0 aliphatic heterocycles. The van der Waals surface area contributed by atoms with Crippen molar-refractivity contribution < 1.29 is 0 Å². The maximum absolute atomic E-state index is 3.79. The van der Waals surface area contributed by atoms with Crippen molar-refractivity contribution >= 4 is 0 Å². The van der Waals surface area contributed by atoms with Gasteiger partial charge in [-0.15, -0.1) is 0 Å². The molecule has 1 fully saturated rings. The quantitative estimate of drug-likeness (QED) is 0.813. The van der Waals surface area contributed by atoms with Gasteiger partial charge in [0.15, 0.2) is 0 Å². The van der Waals surface area contributed by atoms with Gasteiger partial charge in [0.25, 0.3) is 0 Å². The summed E-state index contributed by atoms with van der Waals surface area (Å²) in [6.45, 7) is 4.63. The van der Waals surface area contributed by atoms with Gasteiger partial charge >= 0.3 is 0 Å². The van der Waals surface area contributed by atoms with Crippen LogP contribution in [0.4, 0.5) is 0 Å². The molecule has 17 heavy (non-hydrogen) atoms. The summed E-state index contributed by atoms with van der Waals surface area (Å²) in [5.74, 6) is 0.969. The fourth-order valence-corrected chi connectivity index (χ4v) is 3.03. The van der Waals surface area contributed by atoms with Crippen molar-refractivity contribution in [1.29, 1.82) is 0 Å². The average molecular weight is 231 g/mol. The molecule has 1 N–H and O–H groups in total. The number of hydrogen-bond donors (Lipinski definition) is 1. The molecule has 1 heteroatoms. The highest BCUT2D eigenvalue weighted by Crippen LogP contribution is 2.28. The zero-order valence-electron chi connectivity index (χ0n) is 11.2. The molecular formula is C16H25N. The Hall–Kier alpha value is -0.820. The Balaban J connectivity index is 1.76. The van der Waals surface area contributed by atoms with Crippen molar-refractivity contribution in [2.24, 2.45) is 5.92 Å². The van der Waals surface area contributed by atoms with Crippen molar-refractivity contribution in [1.82, 2.24) is 5.32 Å². The van der Waals surface area contributed by atoms with Crippen molar-refractivity contribution in [3.63, 3.8) is 0 Å². The van der Waals surface area contributed by atoms with E-state index in [9.17, 15) is 0 Å². The Morgan fingerprint density at radius 3 is 2.65 bits per heavy atom. The van der Waals surface area contributed by atoms with Crippen LogP contribution in [0.5, 0.6) is 0 Å². The van der Waals surface area contributed by atoms with Crippen molar-refractivity contribution in [2.45, 2.75) is 58.0 Å². The number of benzene rings is 1. The molecule has 2 rings (SSSR count). The van der Waals surface area contributed by atoms with Gasteiger partial charge in [0.05, 0.1) is 0 Å². The summed E-state index contributed by atoms with van der Waals surface area (Å²) in [4.78, 5) is 0. The molecule has 0 spiro atoms. The summed E-state index contributed by atoms with van der Waals surface area (Å²) < 4.78 is 0. The Morgan fingerprint density at radius 1 is 1.24 bits per heavy atom. The van der Waals surface area contributed by atoms with Crippen LogP contribution in [0.15, 0.2) is 30.3 Å². The standard InChI is InChI=1S/C16H25N/c1-3-14-9-10-16(12-14)17-13(2)11-15-7-5-4-6-8-15/h4-8,13-14,16-17H,3,9-12H2,1-2H3. The number of hydrogen-bond acceptors (Lipinski definition) is 1. The molecule has 0 saturated heterocycles. The second-order valence-electron chi connectivity index (χ2n) is 5.54. The first-order valence-corrected chi connectivity index (χ1v) is 7.08. The van der Waals surface area contributed by atoms with Crippen LogP contribution in [0, 0.1) is 5.92 Å². The van der Waals surface area contributed by atoms with Gasteiger partial charge in [-0.1, -0.05) is 43.7 Å². The lowest BCUT2D eigenvalue weighted by Gasteiger charge is -2.19. The number of nitrogens with one attached hydrogen (secondary N) is 1. The summed E-state index contributed by atoms with van der Waals surface area (Å²) in [7, 11) is 0. The first-order valence-electron chi connectivity index (χ1n) is 7.08. The van der Waals surface area contributed by atoms with Crippen LogP contribution >= 0.6 is 0 Å². The van der Waals surface area contributed by atoms with E-state index in [2.05, 4.69) is 49.5 Å². The normalized spacial score (nSPS) is 26.0. The van der Waals surface area contributed by atoms with E-state index in [0.717, 1.165) is 18.4 Å². The summed E-state index contributed by atoms with van der Waals surface area (Å²) in [5.41, 5.74) is 1.44. The molecule has 0 bridgehead atoms. The van der Waals surface area contributed by atoms with E-state index in [0.29, 0.717) is 6.04 Å². The third-order valence-electron chi connectivity index (χ3n) is 4.02. The highest BCUT2D eigenvalue weighted by atomic mass is 14.9. The molecule has 1 aliphatic carbocycles. The SMILES string of the molecule is CCC1CCC(NC(C)Cc2ccccc2)C1. The monoisotopic (exact) mass is 231 g/mol. The first kappa shape index (κ1) is 12.6. The van der Waals surface area contributed by atoms with E-state index >= 15 is 0 Å². The summed E-state index contributed by atoms with van der Waals surface area (Å²) in [6.07, 6.45) is 6.68. The molecule has 1 nitrogen and oxygen atoms in total. The predicted molar refractivity (Wildman–Crippen MR) is 74.2 cm³/mol. The largest absolute Gasteiger partial charge is 0.311 e. The van der Waals surface area contributed by atoms with Gasteiger partial charge in [-0.25, -0.2) is 0 Å². The topological polar surface area (TPSA) is 12.0 Å². The fourth-order valence-electron chi connectivity index (χ4n) is 3.03. The summed E-state index contributed by atoms with van der Waals surface area (Å²) >= 11 is 0. The van der Waals surface area contributed by atoms with E-state index in [4.69, 9.17) is 0 Å². The van der Waals surface area contributed by atoms with Crippen molar-refractivity contribution in [3.05, 3.63) is 35.9 Å². The van der Waals surface area contributed by atoms with E-state index in [-0.39, 0.29) is 0 Å². The van der Waals surface area contributed by atoms with Crippen LogP contribution < -0.4 is 5.32 Å². The lowest BCUT2D eigenvalue weighted by atomic mass is 10.0. The fraction of sp³-hybridized carbons (Fsp3) is 0.625. The molecule has 3 atom stereocenters. The molecule has 94 valence electrons. The van der Waals surface area contributed by atoms with Crippen LogP contribution in [0.25, 0.3) is 0 Å². The molecule has 1 saturated carbocycles. The van der Waals surface area contributed by atoms with Gasteiger partial charge in [0, 0.05) is 12.1 Å². The zero-order valence-corrected chi connectivity index (χ0v) is 11.2. The Bertz CT molecular complexity index is 320. The molecule has 1 aliphatic rings. The molecule has 0 aromatic heterocycles. The number of rotatable bonds is 5. The maximum Gasteiger partial charge on any atom is 0.00817 e. The lowest BCUT2D eigenvalue weighted by Crippen LogP contribution is -2.36. The second-order valence-corrected chi connectivity index (χ2v) is 5.54. The smallest absolute Gasteiger partial charge is 0.00817 e. The van der Waals surface area contributed by atoms with Crippen LogP contribution in [0.1, 0.15) is 45.1 Å². The Kier molecular flexibility index (Phi) is 4.61. The van der Waals surface area contributed by atoms with Crippen molar-refractivity contribution in [3.8, 4) is 0 Å². The highest BCUT2D eigenvalue weighted by Gasteiger charge is 2.23. The highest BCUT2D eigenvalue weighted by molar-refractivity contribution is 5.15. The molecule has 0 heterocycles. The van der Waals surface area contributed by atoms with Gasteiger partial charge in [-0.2, -0.15) is 0 Å². The predicted octanol–water partition coefficient (Wildman–Crippen LogP) is 3.79. The van der Waals surface area contributed by atoms with Gasteiger partial charge in [-0.3, -0.25) is 0 Å². The molecule has 1 aromatic rings. The summed E-state index contributed by atoms with van der Waals surface area (Å²) in [5, 5.41) is 3.79.